The third-order valence-corrected chi connectivity index (χ3v) is 4.17. The van der Waals surface area contributed by atoms with Crippen molar-refractivity contribution in [2.75, 3.05) is 12.8 Å². The van der Waals surface area contributed by atoms with E-state index in [1.165, 1.54) is 0 Å². The molecule has 0 saturated carbocycles. The maximum Gasteiger partial charge on any atom is 0.222 e. The Morgan fingerprint density at radius 2 is 2.11 bits per heavy atom. The Morgan fingerprint density at radius 3 is 2.84 bits per heavy atom. The van der Waals surface area contributed by atoms with Crippen molar-refractivity contribution in [1.82, 2.24) is 19.7 Å². The fraction of sp³-hybridized carbons (Fsp3) is 0.417. The molecule has 3 heterocycles. The number of anilines is 1. The van der Waals surface area contributed by atoms with Crippen LogP contribution in [-0.2, 0) is 18.6 Å². The Morgan fingerprint density at radius 1 is 1.32 bits per heavy atom. The second-order valence-corrected chi connectivity index (χ2v) is 5.43. The highest BCUT2D eigenvalue weighted by Gasteiger charge is 2.23. The van der Waals surface area contributed by atoms with E-state index in [0.717, 1.165) is 34.0 Å². The van der Waals surface area contributed by atoms with E-state index in [1.54, 1.807) is 23.6 Å². The second-order valence-electron chi connectivity index (χ2n) is 4.44. The van der Waals surface area contributed by atoms with Crippen LogP contribution < -0.4 is 10.5 Å². The lowest BCUT2D eigenvalue weighted by molar-refractivity contribution is 0.374. The topological polar surface area (TPSA) is 78.8 Å². The fourth-order valence-electron chi connectivity index (χ4n) is 2.32. The first-order valence-corrected chi connectivity index (χ1v) is 7.08. The summed E-state index contributed by atoms with van der Waals surface area (Å²) in [5.41, 5.74) is 9.77. The molecule has 19 heavy (non-hydrogen) atoms. The number of hydrogen-bond donors (Lipinski definition) is 1. The average molecular weight is 277 g/mol. The summed E-state index contributed by atoms with van der Waals surface area (Å²) < 4.78 is 7.07. The van der Waals surface area contributed by atoms with E-state index in [1.807, 2.05) is 14.0 Å². The van der Waals surface area contributed by atoms with Gasteiger partial charge in [0.2, 0.25) is 5.88 Å². The zero-order chi connectivity index (χ0) is 13.6. The number of methoxy groups -OCH3 is 1. The Kier molecular flexibility index (Phi) is 2.85. The molecule has 1 aliphatic heterocycles. The quantitative estimate of drug-likeness (QED) is 0.896. The summed E-state index contributed by atoms with van der Waals surface area (Å²) in [5, 5.41) is 4.35. The molecule has 0 bridgehead atoms. The van der Waals surface area contributed by atoms with E-state index in [0.29, 0.717) is 17.5 Å². The summed E-state index contributed by atoms with van der Waals surface area (Å²) in [6.45, 7) is 1.92. The number of thioether (sulfide) groups is 1. The normalized spacial score (nSPS) is 13.6. The van der Waals surface area contributed by atoms with Gasteiger partial charge in [-0.05, 0) is 6.92 Å². The molecule has 0 fully saturated rings. The average Bonchev–Trinajstić information content (AvgIpc) is 2.93. The van der Waals surface area contributed by atoms with E-state index in [9.17, 15) is 0 Å². The first-order valence-electron chi connectivity index (χ1n) is 5.92. The van der Waals surface area contributed by atoms with E-state index in [2.05, 4.69) is 15.1 Å². The molecule has 1 aliphatic rings. The summed E-state index contributed by atoms with van der Waals surface area (Å²) in [6, 6.07) is 0. The zero-order valence-corrected chi connectivity index (χ0v) is 11.9. The minimum atomic E-state index is 0.565. The van der Waals surface area contributed by atoms with Crippen molar-refractivity contribution in [2.24, 2.45) is 7.05 Å². The van der Waals surface area contributed by atoms with Crippen LogP contribution in [0.15, 0.2) is 0 Å². The van der Waals surface area contributed by atoms with Gasteiger partial charge in [-0.15, -0.1) is 0 Å². The van der Waals surface area contributed by atoms with E-state index < -0.39 is 0 Å². The minimum absolute atomic E-state index is 0.565. The van der Waals surface area contributed by atoms with Crippen LogP contribution in [0.5, 0.6) is 5.88 Å². The molecule has 0 aromatic carbocycles. The van der Waals surface area contributed by atoms with Gasteiger partial charge in [0.1, 0.15) is 11.4 Å². The molecule has 0 aliphatic carbocycles. The van der Waals surface area contributed by atoms with Crippen LogP contribution >= 0.6 is 11.8 Å². The molecular formula is C12H15N5OS. The number of fused-ring (bicyclic) bond motifs is 1. The Balaban J connectivity index is 2.20. The van der Waals surface area contributed by atoms with Crippen molar-refractivity contribution in [3.8, 4) is 17.3 Å². The summed E-state index contributed by atoms with van der Waals surface area (Å²) in [5.74, 6) is 3.60. The Bertz CT molecular complexity index is 652. The molecule has 2 aromatic rings. The summed E-state index contributed by atoms with van der Waals surface area (Å²) >= 11 is 1.81. The lowest BCUT2D eigenvalue weighted by Gasteiger charge is -2.07. The van der Waals surface area contributed by atoms with Gasteiger partial charge in [0.05, 0.1) is 18.5 Å². The van der Waals surface area contributed by atoms with Crippen molar-refractivity contribution in [3.05, 3.63) is 17.0 Å². The number of aromatic nitrogens is 4. The number of aryl methyl sites for hydroxylation is 2. The maximum absolute atomic E-state index is 6.03. The largest absolute Gasteiger partial charge is 0.481 e. The second kappa shape index (κ2) is 4.41. The number of nitrogens with two attached hydrogens (primary N) is 1. The number of nitrogens with zero attached hydrogens (tertiary/aromatic N) is 4. The molecule has 2 N–H and O–H groups in total. The molecule has 0 spiro atoms. The molecule has 7 heteroatoms. The monoisotopic (exact) mass is 277 g/mol. The lowest BCUT2D eigenvalue weighted by Crippen LogP contribution is -2.04. The first-order chi connectivity index (χ1) is 9.11. The predicted molar refractivity (Wildman–Crippen MR) is 74.9 cm³/mol. The Hall–Kier alpha value is -1.76. The van der Waals surface area contributed by atoms with Gasteiger partial charge in [-0.2, -0.15) is 16.9 Å². The SMILES string of the molecule is COc1c(-c2nc(N)c3c(n2)CSC3)c(C)nn1C. The first kappa shape index (κ1) is 12.3. The predicted octanol–water partition coefficient (Wildman–Crippen LogP) is 1.52. The molecular weight excluding hydrogens is 262 g/mol. The van der Waals surface area contributed by atoms with E-state index in [-0.39, 0.29) is 0 Å². The number of rotatable bonds is 2. The molecule has 0 atom stereocenters. The third kappa shape index (κ3) is 1.85. The van der Waals surface area contributed by atoms with Crippen molar-refractivity contribution in [2.45, 2.75) is 18.4 Å². The van der Waals surface area contributed by atoms with Gasteiger partial charge in [-0.25, -0.2) is 14.6 Å². The van der Waals surface area contributed by atoms with Gasteiger partial charge in [-0.3, -0.25) is 0 Å². The molecule has 0 radical (unpaired) electrons. The van der Waals surface area contributed by atoms with E-state index >= 15 is 0 Å². The maximum atomic E-state index is 6.03. The summed E-state index contributed by atoms with van der Waals surface area (Å²) in [6.07, 6.45) is 0. The van der Waals surface area contributed by atoms with Crippen LogP contribution in [0.1, 0.15) is 17.0 Å². The molecule has 0 saturated heterocycles. The smallest absolute Gasteiger partial charge is 0.222 e. The number of hydrogen-bond acceptors (Lipinski definition) is 6. The third-order valence-electron chi connectivity index (χ3n) is 3.20. The molecule has 0 amide bonds. The molecule has 3 rings (SSSR count). The summed E-state index contributed by atoms with van der Waals surface area (Å²) in [4.78, 5) is 9.04. The van der Waals surface area contributed by atoms with Crippen molar-refractivity contribution in [3.63, 3.8) is 0 Å². The molecule has 0 unspecified atom stereocenters. The van der Waals surface area contributed by atoms with Crippen LogP contribution in [0, 0.1) is 6.92 Å². The molecule has 6 nitrogen and oxygen atoms in total. The van der Waals surface area contributed by atoms with Crippen molar-refractivity contribution in [1.29, 1.82) is 0 Å². The van der Waals surface area contributed by atoms with Gasteiger partial charge < -0.3 is 10.5 Å². The van der Waals surface area contributed by atoms with Crippen molar-refractivity contribution < 1.29 is 4.74 Å². The highest BCUT2D eigenvalue weighted by atomic mass is 32.2. The van der Waals surface area contributed by atoms with Crippen LogP contribution in [0.3, 0.4) is 0 Å². The zero-order valence-electron chi connectivity index (χ0n) is 11.1. The minimum Gasteiger partial charge on any atom is -0.481 e. The lowest BCUT2D eigenvalue weighted by atomic mass is 10.2. The molecule has 2 aromatic heterocycles. The summed E-state index contributed by atoms with van der Waals surface area (Å²) in [7, 11) is 3.45. The molecule has 100 valence electrons. The van der Waals surface area contributed by atoms with Gasteiger partial charge in [0.15, 0.2) is 5.82 Å². The van der Waals surface area contributed by atoms with Gasteiger partial charge in [0.25, 0.3) is 0 Å². The van der Waals surface area contributed by atoms with Crippen LogP contribution in [0.25, 0.3) is 11.4 Å². The Labute approximate surface area is 115 Å². The van der Waals surface area contributed by atoms with Crippen LogP contribution in [-0.4, -0.2) is 26.9 Å². The standard InChI is InChI=1S/C12H15N5OS/c1-6-9(12(18-3)17(2)16-6)11-14-8-5-19-4-7(8)10(13)15-11/h4-5H2,1-3H3,(H2,13,14,15). The van der Waals surface area contributed by atoms with E-state index in [4.69, 9.17) is 10.5 Å². The van der Waals surface area contributed by atoms with Gasteiger partial charge in [0, 0.05) is 24.1 Å². The van der Waals surface area contributed by atoms with Gasteiger partial charge >= 0.3 is 0 Å². The highest BCUT2D eigenvalue weighted by molar-refractivity contribution is 7.98. The van der Waals surface area contributed by atoms with Crippen molar-refractivity contribution >= 4 is 17.6 Å². The van der Waals surface area contributed by atoms with Crippen LogP contribution in [0.4, 0.5) is 5.82 Å². The number of ether oxygens (including phenoxy) is 1. The number of nitrogen functional groups attached to an aromatic ring is 1. The fourth-order valence-corrected chi connectivity index (χ4v) is 3.37. The van der Waals surface area contributed by atoms with Crippen LogP contribution in [0.2, 0.25) is 0 Å². The highest BCUT2D eigenvalue weighted by Crippen LogP contribution is 2.36. The van der Waals surface area contributed by atoms with Gasteiger partial charge in [-0.1, -0.05) is 0 Å².